The number of nitrogen functional groups attached to an aromatic ring is 2. The number of aromatic nitrogens is 2. The van der Waals surface area contributed by atoms with Crippen molar-refractivity contribution in [3.63, 3.8) is 0 Å². The number of nitriles is 1. The highest BCUT2D eigenvalue weighted by Gasteiger charge is 2.22. The summed E-state index contributed by atoms with van der Waals surface area (Å²) in [4.78, 5) is 7.97. The molecular weight excluding hydrogens is 278 g/mol. The molecule has 0 saturated heterocycles. The van der Waals surface area contributed by atoms with Gasteiger partial charge >= 0.3 is 0 Å². The van der Waals surface area contributed by atoms with E-state index >= 15 is 0 Å². The van der Waals surface area contributed by atoms with Crippen LogP contribution in [0.5, 0.6) is 5.75 Å². The van der Waals surface area contributed by atoms with E-state index in [1.165, 1.54) is 0 Å². The molecule has 0 atom stereocenters. The Hall–Kier alpha value is -3.07. The van der Waals surface area contributed by atoms with Crippen molar-refractivity contribution in [3.05, 3.63) is 35.4 Å². The first-order chi connectivity index (χ1) is 10.4. The van der Waals surface area contributed by atoms with Gasteiger partial charge in [0.15, 0.2) is 0 Å². The van der Waals surface area contributed by atoms with E-state index in [1.54, 1.807) is 0 Å². The van der Waals surface area contributed by atoms with Crippen LogP contribution in [0.25, 0.3) is 17.3 Å². The second kappa shape index (κ2) is 4.74. The first-order valence-electron chi connectivity index (χ1n) is 6.75. The van der Waals surface area contributed by atoms with E-state index in [4.69, 9.17) is 16.2 Å². The Balaban J connectivity index is 2.14. The van der Waals surface area contributed by atoms with Crippen molar-refractivity contribution >= 4 is 17.8 Å². The zero-order valence-corrected chi connectivity index (χ0v) is 12.3. The smallest absolute Gasteiger partial charge is 0.222 e. The minimum Gasteiger partial charge on any atom is -0.483 e. The molecule has 1 aliphatic heterocycles. The van der Waals surface area contributed by atoms with E-state index in [0.717, 1.165) is 16.9 Å². The Bertz CT molecular complexity index is 833. The summed E-state index contributed by atoms with van der Waals surface area (Å²) in [5.41, 5.74) is 13.4. The van der Waals surface area contributed by atoms with Crippen LogP contribution in [-0.2, 0) is 0 Å². The van der Waals surface area contributed by atoms with Gasteiger partial charge in [-0.25, -0.2) is 4.98 Å². The number of hydrogen-bond acceptors (Lipinski definition) is 6. The molecule has 0 spiro atoms. The van der Waals surface area contributed by atoms with E-state index in [-0.39, 0.29) is 22.9 Å². The molecular formula is C16H15N5O. The standard InChI is InChI=1S/C16H15N5O/c1-16(2)6-5-9-7-10(3-4-12(9)22-16)13-11(8-17)14(18)21-15(19)20-13/h3-7H,1-2H3,(H4,18,19,20,21). The van der Waals surface area contributed by atoms with Gasteiger partial charge in [0.2, 0.25) is 5.95 Å². The quantitative estimate of drug-likeness (QED) is 0.835. The highest BCUT2D eigenvalue weighted by Crippen LogP contribution is 2.35. The lowest BCUT2D eigenvalue weighted by atomic mass is 9.98. The molecule has 4 N–H and O–H groups in total. The Morgan fingerprint density at radius 3 is 2.73 bits per heavy atom. The summed E-state index contributed by atoms with van der Waals surface area (Å²) in [5, 5.41) is 9.27. The molecule has 6 heteroatoms. The van der Waals surface area contributed by atoms with Gasteiger partial charge in [-0.1, -0.05) is 6.08 Å². The molecule has 0 aliphatic carbocycles. The Labute approximate surface area is 128 Å². The lowest BCUT2D eigenvalue weighted by Gasteiger charge is -2.28. The lowest BCUT2D eigenvalue weighted by molar-refractivity contribution is 0.159. The number of nitrogens with zero attached hydrogens (tertiary/aromatic N) is 3. The Morgan fingerprint density at radius 2 is 2.00 bits per heavy atom. The number of nitrogens with two attached hydrogens (primary N) is 2. The average Bonchev–Trinajstić information content (AvgIpc) is 2.45. The topological polar surface area (TPSA) is 111 Å². The fraction of sp³-hybridized carbons (Fsp3) is 0.188. The molecule has 6 nitrogen and oxygen atoms in total. The molecule has 1 aliphatic rings. The summed E-state index contributed by atoms with van der Waals surface area (Å²) in [7, 11) is 0. The van der Waals surface area contributed by atoms with Crippen molar-refractivity contribution in [1.82, 2.24) is 9.97 Å². The van der Waals surface area contributed by atoms with Gasteiger partial charge in [-0.3, -0.25) is 0 Å². The third-order valence-corrected chi connectivity index (χ3v) is 3.39. The van der Waals surface area contributed by atoms with Crippen LogP contribution >= 0.6 is 0 Å². The van der Waals surface area contributed by atoms with Crippen LogP contribution in [0.1, 0.15) is 25.0 Å². The molecule has 1 aromatic carbocycles. The zero-order chi connectivity index (χ0) is 15.9. The van der Waals surface area contributed by atoms with E-state index in [2.05, 4.69) is 9.97 Å². The monoisotopic (exact) mass is 293 g/mol. The first kappa shape index (κ1) is 13.9. The second-order valence-corrected chi connectivity index (χ2v) is 5.59. The molecule has 0 radical (unpaired) electrons. The first-order valence-corrected chi connectivity index (χ1v) is 6.75. The van der Waals surface area contributed by atoms with Crippen molar-refractivity contribution < 1.29 is 4.74 Å². The van der Waals surface area contributed by atoms with Crippen molar-refractivity contribution in [2.24, 2.45) is 0 Å². The Morgan fingerprint density at radius 1 is 1.23 bits per heavy atom. The maximum absolute atomic E-state index is 9.27. The summed E-state index contributed by atoms with van der Waals surface area (Å²) >= 11 is 0. The minimum atomic E-state index is -0.337. The number of ether oxygens (including phenoxy) is 1. The summed E-state index contributed by atoms with van der Waals surface area (Å²) < 4.78 is 5.88. The normalized spacial score (nSPS) is 14.8. The number of rotatable bonds is 1. The van der Waals surface area contributed by atoms with E-state index in [0.29, 0.717) is 5.69 Å². The number of anilines is 2. The number of fused-ring (bicyclic) bond motifs is 1. The predicted molar refractivity (Wildman–Crippen MR) is 84.7 cm³/mol. The molecule has 22 heavy (non-hydrogen) atoms. The summed E-state index contributed by atoms with van der Waals surface area (Å²) in [6, 6.07) is 7.60. The van der Waals surface area contributed by atoms with Crippen LogP contribution in [0.3, 0.4) is 0 Å². The largest absolute Gasteiger partial charge is 0.483 e. The molecule has 2 aromatic rings. The highest BCUT2D eigenvalue weighted by atomic mass is 16.5. The average molecular weight is 293 g/mol. The lowest BCUT2D eigenvalue weighted by Crippen LogP contribution is -2.27. The van der Waals surface area contributed by atoms with Crippen LogP contribution in [0.15, 0.2) is 24.3 Å². The van der Waals surface area contributed by atoms with Crippen LogP contribution < -0.4 is 16.2 Å². The third kappa shape index (κ3) is 2.33. The zero-order valence-electron chi connectivity index (χ0n) is 12.3. The molecule has 1 aromatic heterocycles. The van der Waals surface area contributed by atoms with Gasteiger partial charge in [0, 0.05) is 11.1 Å². The van der Waals surface area contributed by atoms with Crippen molar-refractivity contribution in [3.8, 4) is 23.1 Å². The van der Waals surface area contributed by atoms with Gasteiger partial charge in [-0.2, -0.15) is 10.2 Å². The van der Waals surface area contributed by atoms with Crippen LogP contribution in [-0.4, -0.2) is 15.6 Å². The Kier molecular flexibility index (Phi) is 2.99. The molecule has 2 heterocycles. The fourth-order valence-corrected chi connectivity index (χ4v) is 2.34. The van der Waals surface area contributed by atoms with Gasteiger partial charge in [0.1, 0.15) is 28.8 Å². The van der Waals surface area contributed by atoms with Gasteiger partial charge in [-0.05, 0) is 38.1 Å². The van der Waals surface area contributed by atoms with Gasteiger partial charge in [0.25, 0.3) is 0 Å². The maximum atomic E-state index is 9.27. The van der Waals surface area contributed by atoms with E-state index in [1.807, 2.05) is 50.3 Å². The molecule has 0 unspecified atom stereocenters. The van der Waals surface area contributed by atoms with Crippen molar-refractivity contribution in [2.75, 3.05) is 11.5 Å². The SMILES string of the molecule is CC1(C)C=Cc2cc(-c3nc(N)nc(N)c3C#N)ccc2O1. The van der Waals surface area contributed by atoms with Gasteiger partial charge in [-0.15, -0.1) is 0 Å². The molecule has 0 saturated carbocycles. The van der Waals surface area contributed by atoms with Gasteiger partial charge in [0.05, 0.1) is 5.69 Å². The van der Waals surface area contributed by atoms with Crippen LogP contribution in [0.4, 0.5) is 11.8 Å². The molecule has 0 amide bonds. The second-order valence-electron chi connectivity index (χ2n) is 5.59. The summed E-state index contributed by atoms with van der Waals surface area (Å²) in [6.45, 7) is 3.97. The summed E-state index contributed by atoms with van der Waals surface area (Å²) in [6.07, 6.45) is 3.97. The third-order valence-electron chi connectivity index (χ3n) is 3.39. The fourth-order valence-electron chi connectivity index (χ4n) is 2.34. The van der Waals surface area contributed by atoms with E-state index < -0.39 is 0 Å². The summed E-state index contributed by atoms with van der Waals surface area (Å²) in [5.74, 6) is 0.901. The predicted octanol–water partition coefficient (Wildman–Crippen LogP) is 2.36. The molecule has 110 valence electrons. The van der Waals surface area contributed by atoms with Gasteiger partial charge < -0.3 is 16.2 Å². The minimum absolute atomic E-state index is 0.0390. The van der Waals surface area contributed by atoms with Crippen molar-refractivity contribution in [1.29, 1.82) is 5.26 Å². The maximum Gasteiger partial charge on any atom is 0.222 e. The highest BCUT2D eigenvalue weighted by molar-refractivity contribution is 5.76. The van der Waals surface area contributed by atoms with E-state index in [9.17, 15) is 5.26 Å². The molecule has 0 bridgehead atoms. The molecule has 0 fully saturated rings. The number of hydrogen-bond donors (Lipinski definition) is 2. The van der Waals surface area contributed by atoms with Crippen molar-refractivity contribution in [2.45, 2.75) is 19.4 Å². The van der Waals surface area contributed by atoms with Crippen LogP contribution in [0.2, 0.25) is 0 Å². The molecule has 3 rings (SSSR count). The van der Waals surface area contributed by atoms with Crippen LogP contribution in [0, 0.1) is 11.3 Å². The number of benzene rings is 1.